The Hall–Kier alpha value is -2.73. The van der Waals surface area contributed by atoms with E-state index < -0.39 is 36.0 Å². The highest BCUT2D eigenvalue weighted by atomic mass is 33.1. The van der Waals surface area contributed by atoms with Crippen LogP contribution < -0.4 is 21.3 Å². The number of benzene rings is 1. The Kier molecular flexibility index (Phi) is 9.84. The predicted molar refractivity (Wildman–Crippen MR) is 135 cm³/mol. The lowest BCUT2D eigenvalue weighted by Crippen LogP contribution is -2.59. The average molecular weight is 522 g/mol. The molecule has 4 N–H and O–H groups in total. The molecular formula is C23H31N5O5S2. The summed E-state index contributed by atoms with van der Waals surface area (Å²) < 4.78 is 0. The van der Waals surface area contributed by atoms with Crippen LogP contribution in [0.5, 0.6) is 0 Å². The molecule has 4 atom stereocenters. The Morgan fingerprint density at radius 3 is 2.46 bits per heavy atom. The maximum Gasteiger partial charge on any atom is 0.246 e. The first-order valence-electron chi connectivity index (χ1n) is 11.5. The Labute approximate surface area is 212 Å². The van der Waals surface area contributed by atoms with E-state index >= 15 is 0 Å². The van der Waals surface area contributed by atoms with Crippen molar-refractivity contribution >= 4 is 51.1 Å². The average Bonchev–Trinajstić information content (AvgIpc) is 3.33. The Morgan fingerprint density at radius 2 is 1.77 bits per heavy atom. The van der Waals surface area contributed by atoms with Gasteiger partial charge in [0.15, 0.2) is 0 Å². The molecule has 10 nitrogen and oxygen atoms in total. The van der Waals surface area contributed by atoms with Gasteiger partial charge in [0.1, 0.15) is 24.2 Å². The molecule has 1 aromatic rings. The third-order valence-corrected chi connectivity index (χ3v) is 8.28. The number of likely N-dealkylation sites (N-methyl/N-ethyl adjacent to an activating group) is 1. The van der Waals surface area contributed by atoms with Gasteiger partial charge in [-0.3, -0.25) is 24.0 Å². The Balaban J connectivity index is 1.90. The summed E-state index contributed by atoms with van der Waals surface area (Å²) in [6.45, 7) is 1.75. The van der Waals surface area contributed by atoms with Gasteiger partial charge in [-0.25, -0.2) is 0 Å². The van der Waals surface area contributed by atoms with Crippen molar-refractivity contribution in [2.45, 2.75) is 50.4 Å². The molecule has 0 unspecified atom stereocenters. The maximum atomic E-state index is 13.3. The van der Waals surface area contributed by atoms with Crippen LogP contribution in [0.25, 0.3) is 0 Å². The number of fused-ring (bicyclic) bond motifs is 1. The molecule has 3 rings (SSSR count). The van der Waals surface area contributed by atoms with E-state index in [4.69, 9.17) is 0 Å². The van der Waals surface area contributed by atoms with E-state index in [1.165, 1.54) is 40.5 Å². The minimum absolute atomic E-state index is 0.232. The molecule has 0 radical (unpaired) electrons. The molecule has 0 aromatic heterocycles. The van der Waals surface area contributed by atoms with E-state index in [1.54, 1.807) is 0 Å². The smallest absolute Gasteiger partial charge is 0.246 e. The zero-order valence-electron chi connectivity index (χ0n) is 19.7. The van der Waals surface area contributed by atoms with Crippen molar-refractivity contribution in [2.75, 3.05) is 25.1 Å². The summed E-state index contributed by atoms with van der Waals surface area (Å²) in [6.07, 6.45) is 1.34. The van der Waals surface area contributed by atoms with Crippen molar-refractivity contribution < 1.29 is 24.0 Å². The zero-order valence-corrected chi connectivity index (χ0v) is 21.4. The summed E-state index contributed by atoms with van der Waals surface area (Å²) in [4.78, 5) is 65.5. The molecule has 2 fully saturated rings. The molecule has 5 amide bonds. The molecular weight excluding hydrogens is 490 g/mol. The van der Waals surface area contributed by atoms with Gasteiger partial charge in [0.05, 0.1) is 0 Å². The summed E-state index contributed by atoms with van der Waals surface area (Å²) >= 11 is 0. The number of hydrogen-bond acceptors (Lipinski definition) is 7. The van der Waals surface area contributed by atoms with Crippen LogP contribution in [0.15, 0.2) is 30.3 Å². The highest BCUT2D eigenvalue weighted by Gasteiger charge is 2.39. The molecule has 2 saturated heterocycles. The van der Waals surface area contributed by atoms with Crippen LogP contribution in [0, 0.1) is 0 Å². The number of rotatable bonds is 4. The quantitative estimate of drug-likeness (QED) is 0.404. The van der Waals surface area contributed by atoms with Crippen molar-refractivity contribution in [2.24, 2.45) is 0 Å². The highest BCUT2D eigenvalue weighted by molar-refractivity contribution is 8.76. The fourth-order valence-corrected chi connectivity index (χ4v) is 6.43. The van der Waals surface area contributed by atoms with Crippen molar-refractivity contribution in [1.29, 1.82) is 0 Å². The number of nitrogens with one attached hydrogen (secondary N) is 4. The molecule has 0 saturated carbocycles. The van der Waals surface area contributed by atoms with Gasteiger partial charge < -0.3 is 26.2 Å². The topological polar surface area (TPSA) is 137 Å². The lowest BCUT2D eigenvalue weighted by Gasteiger charge is -2.30. The van der Waals surface area contributed by atoms with Gasteiger partial charge in [-0.15, -0.1) is 0 Å². The van der Waals surface area contributed by atoms with Crippen LogP contribution in [0.4, 0.5) is 0 Å². The Bertz CT molecular complexity index is 947. The summed E-state index contributed by atoms with van der Waals surface area (Å²) in [5, 5.41) is 10.8. The molecule has 1 aromatic carbocycles. The van der Waals surface area contributed by atoms with Crippen molar-refractivity contribution in [1.82, 2.24) is 26.2 Å². The summed E-state index contributed by atoms with van der Waals surface area (Å²) in [6, 6.07) is 5.97. The van der Waals surface area contributed by atoms with Crippen LogP contribution in [-0.4, -0.2) is 83.7 Å². The lowest BCUT2D eigenvalue weighted by molar-refractivity contribution is -0.141. The number of nitrogens with zero attached hydrogens (tertiary/aromatic N) is 1. The largest absolute Gasteiger partial charge is 0.357 e. The molecule has 2 aliphatic rings. The van der Waals surface area contributed by atoms with E-state index in [0.29, 0.717) is 19.4 Å². The first-order valence-corrected chi connectivity index (χ1v) is 14.0. The van der Waals surface area contributed by atoms with E-state index in [0.717, 1.165) is 5.56 Å². The second-order valence-electron chi connectivity index (χ2n) is 8.44. The van der Waals surface area contributed by atoms with E-state index in [1.807, 2.05) is 30.3 Å². The van der Waals surface area contributed by atoms with Gasteiger partial charge in [0, 0.05) is 38.4 Å². The normalized spacial score (nSPS) is 26.1. The fraction of sp³-hybridized carbons (Fsp3) is 0.522. The van der Waals surface area contributed by atoms with E-state index in [-0.39, 0.29) is 35.6 Å². The number of carbonyl (C=O) groups is 5. The SMILES string of the molecule is CNC(=O)[C@@H]1CSSC[C@H](NC(C)=O)C(=O)N2CCC[C@H]2C(=O)N[C@@H](Cc2ccccc2)C(=O)N1. The van der Waals surface area contributed by atoms with Crippen LogP contribution >= 0.6 is 21.6 Å². The predicted octanol–water partition coefficient (Wildman–Crippen LogP) is -0.165. The second-order valence-corrected chi connectivity index (χ2v) is 11.0. The molecule has 0 bridgehead atoms. The van der Waals surface area contributed by atoms with Gasteiger partial charge in [0.2, 0.25) is 29.5 Å². The Morgan fingerprint density at radius 1 is 1.06 bits per heavy atom. The highest BCUT2D eigenvalue weighted by Crippen LogP contribution is 2.26. The van der Waals surface area contributed by atoms with Gasteiger partial charge in [0.25, 0.3) is 0 Å². The summed E-state index contributed by atoms with van der Waals surface area (Å²) in [7, 11) is 4.14. The van der Waals surface area contributed by atoms with E-state index in [2.05, 4.69) is 21.3 Å². The third kappa shape index (κ3) is 7.38. The van der Waals surface area contributed by atoms with Gasteiger partial charge in [-0.1, -0.05) is 51.9 Å². The minimum Gasteiger partial charge on any atom is -0.357 e. The first-order chi connectivity index (χ1) is 16.8. The van der Waals surface area contributed by atoms with Crippen LogP contribution in [0.3, 0.4) is 0 Å². The monoisotopic (exact) mass is 521 g/mol. The molecule has 12 heteroatoms. The lowest BCUT2D eigenvalue weighted by atomic mass is 10.0. The molecule has 2 aliphatic heterocycles. The van der Waals surface area contributed by atoms with E-state index in [9.17, 15) is 24.0 Å². The molecule has 0 aliphatic carbocycles. The number of amides is 5. The first kappa shape index (κ1) is 26.9. The zero-order chi connectivity index (χ0) is 25.4. The maximum absolute atomic E-state index is 13.3. The van der Waals surface area contributed by atoms with Crippen LogP contribution in [-0.2, 0) is 30.4 Å². The van der Waals surface area contributed by atoms with Crippen molar-refractivity contribution in [3.05, 3.63) is 35.9 Å². The van der Waals surface area contributed by atoms with Crippen LogP contribution in [0.1, 0.15) is 25.3 Å². The molecule has 0 spiro atoms. The van der Waals surface area contributed by atoms with Crippen molar-refractivity contribution in [3.63, 3.8) is 0 Å². The van der Waals surface area contributed by atoms with Crippen molar-refractivity contribution in [3.8, 4) is 0 Å². The summed E-state index contributed by atoms with van der Waals surface area (Å²) in [5.74, 6) is -1.41. The fourth-order valence-electron chi connectivity index (χ4n) is 4.11. The summed E-state index contributed by atoms with van der Waals surface area (Å²) in [5.41, 5.74) is 0.848. The van der Waals surface area contributed by atoms with Gasteiger partial charge in [-0.05, 0) is 18.4 Å². The standard InChI is InChI=1S/C23H31N5O5S2/c1-14(29)25-18-13-35-34-12-17(20(30)24-2)27-21(31)16(11-15-7-4-3-5-8-15)26-22(32)19-9-6-10-28(19)23(18)33/h3-5,7-8,16-19H,6,9-13H2,1-2H3,(H,24,30)(H,25,29)(H,26,32)(H,27,31)/t16-,17-,18-,19-/m0/s1. The molecule has 190 valence electrons. The molecule has 35 heavy (non-hydrogen) atoms. The second kappa shape index (κ2) is 12.8. The van der Waals surface area contributed by atoms with Crippen LogP contribution in [0.2, 0.25) is 0 Å². The third-order valence-electron chi connectivity index (χ3n) is 5.86. The van der Waals surface area contributed by atoms with Gasteiger partial charge >= 0.3 is 0 Å². The molecule has 2 heterocycles. The minimum atomic E-state index is -0.929. The number of hydrogen-bond donors (Lipinski definition) is 4. The number of carbonyl (C=O) groups excluding carboxylic acids is 5. The van der Waals surface area contributed by atoms with Gasteiger partial charge in [-0.2, -0.15) is 0 Å².